The molecule has 1 aromatic heterocycles. The summed E-state index contributed by atoms with van der Waals surface area (Å²) in [5, 5.41) is 22.5. The molecule has 4 heteroatoms. The standard InChI is InChI=1S/C13H15NO3/c1-2-3-9-4-5-13(16)11(6-9)12-7-10(8-15)17-14-12/h4-7,15-16H,2-3,8H2,1H3. The van der Waals surface area contributed by atoms with Crippen LogP contribution in [0.1, 0.15) is 24.7 Å². The molecule has 0 radical (unpaired) electrons. The summed E-state index contributed by atoms with van der Waals surface area (Å²) in [5.41, 5.74) is 2.33. The van der Waals surface area contributed by atoms with Gasteiger partial charge in [-0.05, 0) is 24.1 Å². The molecule has 0 bridgehead atoms. The van der Waals surface area contributed by atoms with E-state index in [0.29, 0.717) is 17.0 Å². The van der Waals surface area contributed by atoms with Gasteiger partial charge in [0.05, 0.1) is 0 Å². The average Bonchev–Trinajstić information content (AvgIpc) is 2.80. The van der Waals surface area contributed by atoms with Gasteiger partial charge in [-0.3, -0.25) is 0 Å². The summed E-state index contributed by atoms with van der Waals surface area (Å²) in [7, 11) is 0. The number of aromatic hydroxyl groups is 1. The van der Waals surface area contributed by atoms with E-state index < -0.39 is 0 Å². The zero-order valence-electron chi connectivity index (χ0n) is 9.68. The molecule has 90 valence electrons. The Bertz CT molecular complexity index is 505. The van der Waals surface area contributed by atoms with E-state index in [1.807, 2.05) is 12.1 Å². The maximum absolute atomic E-state index is 9.79. The van der Waals surface area contributed by atoms with Crippen LogP contribution >= 0.6 is 0 Å². The van der Waals surface area contributed by atoms with Crippen LogP contribution in [-0.4, -0.2) is 15.4 Å². The lowest BCUT2D eigenvalue weighted by molar-refractivity contribution is 0.229. The van der Waals surface area contributed by atoms with Crippen LogP contribution in [0.2, 0.25) is 0 Å². The molecule has 0 fully saturated rings. The summed E-state index contributed by atoms with van der Waals surface area (Å²) in [6, 6.07) is 7.09. The van der Waals surface area contributed by atoms with Gasteiger partial charge in [-0.1, -0.05) is 24.6 Å². The molecule has 2 rings (SSSR count). The minimum atomic E-state index is -0.192. The molecule has 0 aliphatic rings. The molecule has 0 spiro atoms. The molecule has 0 unspecified atom stereocenters. The molecular formula is C13H15NO3. The second-order valence-corrected chi connectivity index (χ2v) is 3.94. The molecule has 0 saturated heterocycles. The zero-order chi connectivity index (χ0) is 12.3. The Hall–Kier alpha value is -1.81. The van der Waals surface area contributed by atoms with Crippen molar-refractivity contribution in [2.45, 2.75) is 26.4 Å². The highest BCUT2D eigenvalue weighted by atomic mass is 16.5. The number of aliphatic hydroxyl groups is 1. The van der Waals surface area contributed by atoms with Crippen LogP contribution in [-0.2, 0) is 13.0 Å². The van der Waals surface area contributed by atoms with Gasteiger partial charge < -0.3 is 14.7 Å². The maximum Gasteiger partial charge on any atom is 0.162 e. The quantitative estimate of drug-likeness (QED) is 0.851. The minimum absolute atomic E-state index is 0.169. The Morgan fingerprint density at radius 2 is 2.12 bits per heavy atom. The van der Waals surface area contributed by atoms with Crippen molar-refractivity contribution in [3.63, 3.8) is 0 Å². The molecule has 0 aliphatic heterocycles. The van der Waals surface area contributed by atoms with E-state index in [-0.39, 0.29) is 12.4 Å². The van der Waals surface area contributed by atoms with Crippen molar-refractivity contribution < 1.29 is 14.7 Å². The molecule has 4 nitrogen and oxygen atoms in total. The summed E-state index contributed by atoms with van der Waals surface area (Å²) in [4.78, 5) is 0. The largest absolute Gasteiger partial charge is 0.507 e. The third-order valence-corrected chi connectivity index (χ3v) is 2.59. The van der Waals surface area contributed by atoms with Crippen molar-refractivity contribution in [3.8, 4) is 17.0 Å². The summed E-state index contributed by atoms with van der Waals surface area (Å²) in [5.74, 6) is 0.558. The van der Waals surface area contributed by atoms with E-state index in [0.717, 1.165) is 18.4 Å². The maximum atomic E-state index is 9.79. The Morgan fingerprint density at radius 3 is 2.76 bits per heavy atom. The highest BCUT2D eigenvalue weighted by Crippen LogP contribution is 2.30. The second-order valence-electron chi connectivity index (χ2n) is 3.94. The first-order chi connectivity index (χ1) is 8.24. The molecule has 0 amide bonds. The number of rotatable bonds is 4. The Balaban J connectivity index is 2.39. The number of benzene rings is 1. The van der Waals surface area contributed by atoms with E-state index in [1.54, 1.807) is 12.1 Å². The van der Waals surface area contributed by atoms with Crippen LogP contribution in [0.5, 0.6) is 5.75 Å². The SMILES string of the molecule is CCCc1ccc(O)c(-c2cc(CO)on2)c1. The van der Waals surface area contributed by atoms with E-state index in [2.05, 4.69) is 12.1 Å². The Kier molecular flexibility index (Phi) is 3.44. The lowest BCUT2D eigenvalue weighted by Crippen LogP contribution is -1.86. The van der Waals surface area contributed by atoms with E-state index in [4.69, 9.17) is 9.63 Å². The van der Waals surface area contributed by atoms with Crippen molar-refractivity contribution in [1.29, 1.82) is 0 Å². The average molecular weight is 233 g/mol. The number of aliphatic hydroxyl groups excluding tert-OH is 1. The number of aromatic nitrogens is 1. The third kappa shape index (κ3) is 2.47. The molecule has 0 saturated carbocycles. The number of hydrogen-bond acceptors (Lipinski definition) is 4. The van der Waals surface area contributed by atoms with Crippen LogP contribution in [0.25, 0.3) is 11.3 Å². The minimum Gasteiger partial charge on any atom is -0.507 e. The Labute approximate surface area is 99.5 Å². The summed E-state index contributed by atoms with van der Waals surface area (Å²) in [6.45, 7) is 1.91. The van der Waals surface area contributed by atoms with Crippen molar-refractivity contribution in [1.82, 2.24) is 5.16 Å². The van der Waals surface area contributed by atoms with Gasteiger partial charge in [-0.2, -0.15) is 0 Å². The van der Waals surface area contributed by atoms with E-state index >= 15 is 0 Å². The van der Waals surface area contributed by atoms with E-state index in [1.165, 1.54) is 0 Å². The predicted molar refractivity (Wildman–Crippen MR) is 63.5 cm³/mol. The van der Waals surface area contributed by atoms with Crippen LogP contribution in [0.4, 0.5) is 0 Å². The fourth-order valence-corrected chi connectivity index (χ4v) is 1.75. The van der Waals surface area contributed by atoms with Gasteiger partial charge in [0.1, 0.15) is 18.1 Å². The van der Waals surface area contributed by atoms with Crippen molar-refractivity contribution >= 4 is 0 Å². The van der Waals surface area contributed by atoms with Gasteiger partial charge in [0.2, 0.25) is 0 Å². The molecule has 0 atom stereocenters. The van der Waals surface area contributed by atoms with Gasteiger partial charge in [-0.25, -0.2) is 0 Å². The van der Waals surface area contributed by atoms with Gasteiger partial charge in [-0.15, -0.1) is 0 Å². The summed E-state index contributed by atoms with van der Waals surface area (Å²) in [6.07, 6.45) is 2.00. The molecule has 2 aromatic rings. The van der Waals surface area contributed by atoms with Gasteiger partial charge in [0.15, 0.2) is 5.76 Å². The first-order valence-electron chi connectivity index (χ1n) is 5.63. The zero-order valence-corrected chi connectivity index (χ0v) is 9.68. The van der Waals surface area contributed by atoms with Crippen LogP contribution < -0.4 is 0 Å². The molecule has 1 aromatic carbocycles. The molecule has 1 heterocycles. The first-order valence-corrected chi connectivity index (χ1v) is 5.63. The fourth-order valence-electron chi connectivity index (χ4n) is 1.75. The summed E-state index contributed by atoms with van der Waals surface area (Å²) < 4.78 is 4.91. The topological polar surface area (TPSA) is 66.5 Å². The number of aryl methyl sites for hydroxylation is 1. The van der Waals surface area contributed by atoms with E-state index in [9.17, 15) is 5.11 Å². The monoisotopic (exact) mass is 233 g/mol. The number of hydrogen-bond donors (Lipinski definition) is 2. The van der Waals surface area contributed by atoms with Crippen LogP contribution in [0, 0.1) is 0 Å². The normalized spacial score (nSPS) is 10.7. The summed E-state index contributed by atoms with van der Waals surface area (Å²) >= 11 is 0. The van der Waals surface area contributed by atoms with Crippen molar-refractivity contribution in [3.05, 3.63) is 35.6 Å². The number of nitrogens with zero attached hydrogens (tertiary/aromatic N) is 1. The van der Waals surface area contributed by atoms with Crippen molar-refractivity contribution in [2.24, 2.45) is 0 Å². The lowest BCUT2D eigenvalue weighted by atomic mass is 10.0. The van der Waals surface area contributed by atoms with Gasteiger partial charge >= 0.3 is 0 Å². The highest BCUT2D eigenvalue weighted by Gasteiger charge is 2.10. The van der Waals surface area contributed by atoms with Gasteiger partial charge in [0, 0.05) is 11.6 Å². The van der Waals surface area contributed by atoms with Crippen LogP contribution in [0.3, 0.4) is 0 Å². The highest BCUT2D eigenvalue weighted by molar-refractivity contribution is 5.67. The molecule has 17 heavy (non-hydrogen) atoms. The smallest absolute Gasteiger partial charge is 0.162 e. The number of phenolic OH excluding ortho intramolecular Hbond substituents is 1. The molecule has 0 aliphatic carbocycles. The Morgan fingerprint density at radius 1 is 1.29 bits per heavy atom. The molecule has 2 N–H and O–H groups in total. The second kappa shape index (κ2) is 5.01. The number of phenols is 1. The molecular weight excluding hydrogens is 218 g/mol. The fraction of sp³-hybridized carbons (Fsp3) is 0.308. The third-order valence-electron chi connectivity index (χ3n) is 2.59. The van der Waals surface area contributed by atoms with Crippen LogP contribution in [0.15, 0.2) is 28.8 Å². The lowest BCUT2D eigenvalue weighted by Gasteiger charge is -2.04. The van der Waals surface area contributed by atoms with Gasteiger partial charge in [0.25, 0.3) is 0 Å². The predicted octanol–water partition coefficient (Wildman–Crippen LogP) is 2.49. The van der Waals surface area contributed by atoms with Crippen molar-refractivity contribution in [2.75, 3.05) is 0 Å². The first kappa shape index (κ1) is 11.7.